The van der Waals surface area contributed by atoms with Gasteiger partial charge in [0.25, 0.3) is 0 Å². The smallest absolute Gasteiger partial charge is 0.135 e. The summed E-state index contributed by atoms with van der Waals surface area (Å²) in [4.78, 5) is 3.62. The van der Waals surface area contributed by atoms with Crippen molar-refractivity contribution >= 4 is 147 Å². The number of nitrogens with two attached hydrogens (primary N) is 2. The third kappa shape index (κ3) is 8.55. The fourth-order valence-corrected chi connectivity index (χ4v) is 14.5. The van der Waals surface area contributed by atoms with Crippen LogP contribution in [0.5, 0.6) is 0 Å². The van der Waals surface area contributed by atoms with Crippen LogP contribution in [0.1, 0.15) is 36.8 Å². The van der Waals surface area contributed by atoms with E-state index in [1.54, 1.807) is 0 Å². The highest BCUT2D eigenvalue weighted by Gasteiger charge is 2.24. The highest BCUT2D eigenvalue weighted by Crippen LogP contribution is 2.45. The third-order valence-electron chi connectivity index (χ3n) is 18.4. The minimum Gasteiger partial charge on any atom is -0.456 e. The van der Waals surface area contributed by atoms with Gasteiger partial charge in [0, 0.05) is 104 Å². The first-order valence-corrected chi connectivity index (χ1v) is 31.1. The monoisotopic (exact) mass is 1200 g/mol. The van der Waals surface area contributed by atoms with E-state index in [4.69, 9.17) is 24.7 Å². The molecule has 0 unspecified atom stereocenters. The molecule has 6 aromatic heterocycles. The molecular formula is C79H58BrN5O3. The maximum absolute atomic E-state index is 6.21. The van der Waals surface area contributed by atoms with Gasteiger partial charge in [0.05, 0.1) is 27.6 Å². The molecule has 88 heavy (non-hydrogen) atoms. The molecule has 1 fully saturated rings. The Bertz CT molecular complexity index is 5760. The average Bonchev–Trinajstić information content (AvgIpc) is 1.61. The van der Waals surface area contributed by atoms with Crippen molar-refractivity contribution in [2.45, 2.75) is 44.2 Å². The zero-order valence-electron chi connectivity index (χ0n) is 48.0. The molecule has 0 aliphatic heterocycles. The molecule has 2 aliphatic carbocycles. The van der Waals surface area contributed by atoms with E-state index in [0.29, 0.717) is 0 Å². The summed E-state index contributed by atoms with van der Waals surface area (Å²) >= 11 is 3.46. The number of hydrogen-bond acceptors (Lipinski definition) is 5. The maximum Gasteiger partial charge on any atom is 0.135 e. The van der Waals surface area contributed by atoms with E-state index in [-0.39, 0.29) is 12.1 Å². The lowest BCUT2D eigenvalue weighted by Crippen LogP contribution is -2.43. The molecule has 2 atom stereocenters. The Balaban J connectivity index is 0.000000116. The molecule has 8 nitrogen and oxygen atoms in total. The molecule has 6 heterocycles. The summed E-state index contributed by atoms with van der Waals surface area (Å²) in [7, 11) is 0. The number of hydrogen-bond donors (Lipinski definition) is 3. The van der Waals surface area contributed by atoms with Crippen LogP contribution in [0.3, 0.4) is 0 Å². The first kappa shape index (κ1) is 52.2. The number of furan rings is 3. The number of nitrogens with one attached hydrogen (secondary N) is 1. The number of H-pyrrole nitrogens is 1. The Morgan fingerprint density at radius 2 is 0.864 bits per heavy atom. The summed E-state index contributed by atoms with van der Waals surface area (Å²) in [6.07, 6.45) is 5.85. The molecular weight excluding hydrogens is 1150 g/mol. The van der Waals surface area contributed by atoms with Crippen LogP contribution < -0.4 is 11.5 Å². The molecule has 424 valence electrons. The Kier molecular flexibility index (Phi) is 12.5. The van der Waals surface area contributed by atoms with Gasteiger partial charge < -0.3 is 38.8 Å². The van der Waals surface area contributed by atoms with Crippen molar-refractivity contribution in [3.05, 3.63) is 264 Å². The highest BCUT2D eigenvalue weighted by molar-refractivity contribution is 9.10. The zero-order chi connectivity index (χ0) is 58.6. The molecule has 20 rings (SSSR count). The summed E-state index contributed by atoms with van der Waals surface area (Å²) in [6.45, 7) is 0. The van der Waals surface area contributed by atoms with Crippen LogP contribution in [0.4, 0.5) is 0 Å². The topological polar surface area (TPSA) is 117 Å². The van der Waals surface area contributed by atoms with Gasteiger partial charge in [0.15, 0.2) is 0 Å². The van der Waals surface area contributed by atoms with Crippen molar-refractivity contribution in [2.75, 3.05) is 0 Å². The fraction of sp³-hybridized carbons (Fsp3) is 0.0886. The van der Waals surface area contributed by atoms with Gasteiger partial charge >= 0.3 is 0 Å². The quantitative estimate of drug-likeness (QED) is 0.159. The van der Waals surface area contributed by atoms with Gasteiger partial charge in [0.2, 0.25) is 0 Å². The van der Waals surface area contributed by atoms with Crippen LogP contribution in [0.15, 0.2) is 266 Å². The summed E-state index contributed by atoms with van der Waals surface area (Å²) < 4.78 is 24.0. The van der Waals surface area contributed by atoms with Crippen molar-refractivity contribution < 1.29 is 13.3 Å². The minimum absolute atomic E-state index is 0.281. The lowest BCUT2D eigenvalue weighted by Gasteiger charge is -2.24. The van der Waals surface area contributed by atoms with E-state index in [2.05, 4.69) is 224 Å². The van der Waals surface area contributed by atoms with E-state index in [1.807, 2.05) is 54.6 Å². The van der Waals surface area contributed by atoms with Gasteiger partial charge in [-0.05, 0) is 133 Å². The normalized spacial score (nSPS) is 14.8. The van der Waals surface area contributed by atoms with Gasteiger partial charge in [-0.2, -0.15) is 0 Å². The predicted molar refractivity (Wildman–Crippen MR) is 370 cm³/mol. The van der Waals surface area contributed by atoms with E-state index in [1.165, 1.54) is 106 Å². The Hall–Kier alpha value is -10.2. The molecule has 5 N–H and O–H groups in total. The van der Waals surface area contributed by atoms with Gasteiger partial charge in [-0.3, -0.25) is 0 Å². The Labute approximate surface area is 513 Å². The predicted octanol–water partition coefficient (Wildman–Crippen LogP) is 21.1. The summed E-state index contributed by atoms with van der Waals surface area (Å²) in [5.74, 6) is 0. The lowest BCUT2D eigenvalue weighted by atomic mass is 9.92. The van der Waals surface area contributed by atoms with Crippen molar-refractivity contribution in [1.29, 1.82) is 0 Å². The molecule has 0 spiro atoms. The second-order valence-electron chi connectivity index (χ2n) is 23.5. The lowest BCUT2D eigenvalue weighted by molar-refractivity contribution is 0.385. The maximum atomic E-state index is 6.21. The first-order valence-electron chi connectivity index (χ1n) is 30.4. The number of nitrogens with zero attached hydrogens (tertiary/aromatic N) is 2. The van der Waals surface area contributed by atoms with Crippen molar-refractivity contribution in [3.63, 3.8) is 0 Å². The van der Waals surface area contributed by atoms with Crippen LogP contribution in [0.25, 0.3) is 154 Å². The summed E-state index contributed by atoms with van der Waals surface area (Å²) in [5, 5.41) is 14.4. The van der Waals surface area contributed by atoms with Crippen molar-refractivity contribution in [3.8, 4) is 22.5 Å². The second kappa shape index (κ2) is 21.1. The molecule has 0 amide bonds. The van der Waals surface area contributed by atoms with Crippen LogP contribution in [-0.2, 0) is 6.42 Å². The molecule has 1 saturated carbocycles. The number of fused-ring (bicyclic) bond motifs is 23. The molecule has 0 radical (unpaired) electrons. The van der Waals surface area contributed by atoms with Gasteiger partial charge in [-0.25, -0.2) is 0 Å². The average molecular weight is 1210 g/mol. The van der Waals surface area contributed by atoms with E-state index < -0.39 is 0 Å². The van der Waals surface area contributed by atoms with E-state index in [0.717, 1.165) is 95.5 Å². The Morgan fingerprint density at radius 1 is 0.375 bits per heavy atom. The fourth-order valence-electron chi connectivity index (χ4n) is 14.2. The molecule has 18 aromatic rings. The standard InChI is InChI=1S/C42H24N2O2.C19H13N.C12H7BrO.C6H14N2/c1-5-13-34-27(9-1)30-19-20-36-41(42(30)44(34)26-18-22-40-33(24-26)29-11-4-8-16-38(29)46-40)31-12-2-6-14-35(31)43(36)25-17-21-39-32(23-25)28-10-3-7-15-37(28)45-39;1-2-6-14-12(5-1)11-13-9-10-16-15-7-3-4-8-17(15)20-19(16)18(13)14;13-8-5-6-12-10(7-8)9-3-1-2-4-11(9)14-12;7-5-3-1-2-4-6(5)8/h1-24H;1-10,20H,11H2;1-7H;5-6H,1-4,7-8H2/t;;;5-,6-/m...1/s1. The van der Waals surface area contributed by atoms with Crippen LogP contribution in [0.2, 0.25) is 0 Å². The van der Waals surface area contributed by atoms with Crippen LogP contribution >= 0.6 is 15.9 Å². The third-order valence-corrected chi connectivity index (χ3v) is 18.8. The number of aromatic nitrogens is 3. The molecule has 12 aromatic carbocycles. The molecule has 2 aliphatic rings. The van der Waals surface area contributed by atoms with Crippen LogP contribution in [-0.4, -0.2) is 26.2 Å². The van der Waals surface area contributed by atoms with Gasteiger partial charge in [-0.1, -0.05) is 180 Å². The zero-order valence-corrected chi connectivity index (χ0v) is 49.6. The van der Waals surface area contributed by atoms with E-state index in [9.17, 15) is 0 Å². The first-order chi connectivity index (χ1) is 43.4. The van der Waals surface area contributed by atoms with Gasteiger partial charge in [-0.15, -0.1) is 0 Å². The number of halogens is 1. The largest absolute Gasteiger partial charge is 0.456 e. The molecule has 0 saturated heterocycles. The van der Waals surface area contributed by atoms with Gasteiger partial charge in [0.1, 0.15) is 33.5 Å². The van der Waals surface area contributed by atoms with Crippen molar-refractivity contribution in [2.24, 2.45) is 11.5 Å². The number of rotatable bonds is 2. The second-order valence-corrected chi connectivity index (χ2v) is 24.4. The molecule has 9 heteroatoms. The molecule has 0 bridgehead atoms. The number of para-hydroxylation sites is 6. The summed E-state index contributed by atoms with van der Waals surface area (Å²) in [6, 6.07) is 88.3. The van der Waals surface area contributed by atoms with E-state index >= 15 is 0 Å². The minimum atomic E-state index is 0.281. The Morgan fingerprint density at radius 3 is 1.50 bits per heavy atom. The summed E-state index contributed by atoms with van der Waals surface area (Å²) in [5.41, 5.74) is 31.9. The number of aromatic amines is 1. The van der Waals surface area contributed by atoms with Crippen LogP contribution in [0, 0.1) is 0 Å². The number of benzene rings is 12. The van der Waals surface area contributed by atoms with Crippen molar-refractivity contribution in [1.82, 2.24) is 14.1 Å². The SMILES string of the molecule is Brc1ccc2oc3ccccc3c2c1.N[C@@H]1CCCC[C@H]1N.c1ccc2c(c1)Cc1ccc3c([nH]c4ccccc43)c1-2.c1ccc2c(c1)oc1ccc(-n3c4ccccc4c4c3ccc3c5ccccc5n(-c5ccc6oc7ccccc7c6c5)c34)cc12. The highest BCUT2D eigenvalue weighted by atomic mass is 79.9.